The van der Waals surface area contributed by atoms with Crippen molar-refractivity contribution in [1.29, 1.82) is 0 Å². The number of rotatable bonds is 8. The molecule has 10 heteroatoms. The first-order chi connectivity index (χ1) is 15.9. The number of nitrogens with one attached hydrogen (secondary N) is 1. The highest BCUT2D eigenvalue weighted by atomic mass is 35.5. The molecule has 0 aliphatic carbocycles. The standard InChI is InChI=1S/C23H19ClN4O3S2/c24-20-10-12-21(13-11-20)33(30,31)28(14-17-4-2-1-3-5-17)15-18-6-8-19(9-7-18)22(29)26-23-27-25-16-32-23/h1-13,16H,14-15H2,(H,26,27,29). The minimum atomic E-state index is -3.79. The van der Waals surface area contributed by atoms with E-state index in [2.05, 4.69) is 15.5 Å². The first-order valence-electron chi connectivity index (χ1n) is 9.88. The predicted molar refractivity (Wildman–Crippen MR) is 129 cm³/mol. The summed E-state index contributed by atoms with van der Waals surface area (Å²) in [4.78, 5) is 12.5. The fourth-order valence-corrected chi connectivity index (χ4v) is 5.11. The van der Waals surface area contributed by atoms with Crippen LogP contribution < -0.4 is 5.32 Å². The maximum Gasteiger partial charge on any atom is 0.257 e. The molecule has 0 radical (unpaired) electrons. The first-order valence-corrected chi connectivity index (χ1v) is 12.6. The minimum absolute atomic E-state index is 0.137. The smallest absolute Gasteiger partial charge is 0.257 e. The van der Waals surface area contributed by atoms with Gasteiger partial charge in [0.2, 0.25) is 15.2 Å². The van der Waals surface area contributed by atoms with Crippen LogP contribution in [0.4, 0.5) is 5.13 Å². The highest BCUT2D eigenvalue weighted by molar-refractivity contribution is 7.89. The van der Waals surface area contributed by atoms with Crippen LogP contribution in [0.15, 0.2) is 89.3 Å². The summed E-state index contributed by atoms with van der Waals surface area (Å²) in [7, 11) is -3.79. The van der Waals surface area contributed by atoms with Crippen molar-refractivity contribution in [2.75, 3.05) is 5.32 Å². The van der Waals surface area contributed by atoms with Crippen LogP contribution in [0.3, 0.4) is 0 Å². The SMILES string of the molecule is O=C(Nc1nncs1)c1ccc(CN(Cc2ccccc2)S(=O)(=O)c2ccc(Cl)cc2)cc1. The van der Waals surface area contributed by atoms with Gasteiger partial charge in [-0.25, -0.2) is 8.42 Å². The van der Waals surface area contributed by atoms with E-state index in [4.69, 9.17) is 11.6 Å². The molecule has 0 unspecified atom stereocenters. The Bertz CT molecular complexity index is 1310. The summed E-state index contributed by atoms with van der Waals surface area (Å²) in [6.07, 6.45) is 0. The van der Waals surface area contributed by atoms with Gasteiger partial charge in [0.05, 0.1) is 4.90 Å². The molecular formula is C23H19ClN4O3S2. The van der Waals surface area contributed by atoms with Crippen molar-refractivity contribution in [3.63, 3.8) is 0 Å². The highest BCUT2D eigenvalue weighted by Crippen LogP contribution is 2.23. The van der Waals surface area contributed by atoms with Crippen LogP contribution in [0.1, 0.15) is 21.5 Å². The third-order valence-corrected chi connectivity index (χ3v) is 7.47. The van der Waals surface area contributed by atoms with Gasteiger partial charge in [-0.1, -0.05) is 65.4 Å². The van der Waals surface area contributed by atoms with Crippen LogP contribution in [0.25, 0.3) is 0 Å². The summed E-state index contributed by atoms with van der Waals surface area (Å²) in [5, 5.41) is 11.0. The molecule has 4 rings (SSSR count). The summed E-state index contributed by atoms with van der Waals surface area (Å²) >= 11 is 7.16. The average Bonchev–Trinajstić information content (AvgIpc) is 3.33. The van der Waals surface area contributed by atoms with Gasteiger partial charge in [-0.15, -0.1) is 10.2 Å². The summed E-state index contributed by atoms with van der Waals surface area (Å²) in [5.74, 6) is -0.312. The molecule has 4 aromatic rings. The number of nitrogens with zero attached hydrogens (tertiary/aromatic N) is 3. The molecule has 0 saturated carbocycles. The van der Waals surface area contributed by atoms with Crippen molar-refractivity contribution in [3.05, 3.63) is 106 Å². The van der Waals surface area contributed by atoms with Crippen LogP contribution in [0, 0.1) is 0 Å². The van der Waals surface area contributed by atoms with Gasteiger partial charge in [-0.2, -0.15) is 4.31 Å². The Morgan fingerprint density at radius 2 is 1.55 bits per heavy atom. The second kappa shape index (κ2) is 10.2. The number of hydrogen-bond donors (Lipinski definition) is 1. The molecule has 0 aliphatic heterocycles. The van der Waals surface area contributed by atoms with E-state index in [1.807, 2.05) is 30.3 Å². The molecule has 0 atom stereocenters. The molecule has 3 aromatic carbocycles. The van der Waals surface area contributed by atoms with E-state index in [1.54, 1.807) is 36.4 Å². The van der Waals surface area contributed by atoms with E-state index >= 15 is 0 Å². The molecule has 1 amide bonds. The number of carbonyl (C=O) groups is 1. The van der Waals surface area contributed by atoms with E-state index < -0.39 is 10.0 Å². The average molecular weight is 499 g/mol. The molecule has 1 heterocycles. The maximum atomic E-state index is 13.4. The minimum Gasteiger partial charge on any atom is -0.296 e. The van der Waals surface area contributed by atoms with Crippen LogP contribution in [-0.2, 0) is 23.1 Å². The van der Waals surface area contributed by atoms with Gasteiger partial charge in [0.15, 0.2) is 0 Å². The summed E-state index contributed by atoms with van der Waals surface area (Å²) in [6, 6.07) is 22.3. The Kier molecular flexibility index (Phi) is 7.14. The number of anilines is 1. The Morgan fingerprint density at radius 3 is 2.15 bits per heavy atom. The molecule has 168 valence electrons. The number of amides is 1. The molecule has 7 nitrogen and oxygen atoms in total. The number of hydrogen-bond acceptors (Lipinski definition) is 6. The van der Waals surface area contributed by atoms with Crippen LogP contribution in [-0.4, -0.2) is 28.8 Å². The van der Waals surface area contributed by atoms with Crippen LogP contribution >= 0.6 is 22.9 Å². The third-order valence-electron chi connectivity index (χ3n) is 4.81. The summed E-state index contributed by atoms with van der Waals surface area (Å²) in [5.41, 5.74) is 3.57. The van der Waals surface area contributed by atoms with Crippen LogP contribution in [0.2, 0.25) is 5.02 Å². The molecule has 0 fully saturated rings. The summed E-state index contributed by atoms with van der Waals surface area (Å²) < 4.78 is 28.2. The first kappa shape index (κ1) is 23.1. The lowest BCUT2D eigenvalue weighted by Gasteiger charge is -2.23. The molecule has 0 spiro atoms. The van der Waals surface area contributed by atoms with E-state index in [0.717, 1.165) is 11.1 Å². The number of halogens is 1. The molecule has 1 N–H and O–H groups in total. The fourth-order valence-electron chi connectivity index (χ4n) is 3.13. The second-order valence-electron chi connectivity index (χ2n) is 7.11. The van der Waals surface area contributed by atoms with Crippen molar-refractivity contribution in [1.82, 2.24) is 14.5 Å². The zero-order chi connectivity index (χ0) is 23.3. The predicted octanol–water partition coefficient (Wildman–Crippen LogP) is 4.83. The number of sulfonamides is 1. The largest absolute Gasteiger partial charge is 0.296 e. The maximum absolute atomic E-state index is 13.4. The molecule has 33 heavy (non-hydrogen) atoms. The van der Waals surface area contributed by atoms with E-state index in [0.29, 0.717) is 15.7 Å². The number of carbonyl (C=O) groups excluding carboxylic acids is 1. The Labute approximate surface area is 200 Å². The zero-order valence-corrected chi connectivity index (χ0v) is 19.6. The van der Waals surface area contributed by atoms with Gasteiger partial charge in [-0.3, -0.25) is 10.1 Å². The second-order valence-corrected chi connectivity index (χ2v) is 10.3. The van der Waals surface area contributed by atoms with Gasteiger partial charge in [-0.05, 0) is 47.5 Å². The molecular weight excluding hydrogens is 480 g/mol. The lowest BCUT2D eigenvalue weighted by molar-refractivity contribution is 0.102. The fraction of sp³-hybridized carbons (Fsp3) is 0.0870. The Balaban J connectivity index is 1.57. The van der Waals surface area contributed by atoms with Crippen molar-refractivity contribution in [2.24, 2.45) is 0 Å². The number of benzene rings is 3. The van der Waals surface area contributed by atoms with Crippen molar-refractivity contribution in [3.8, 4) is 0 Å². The highest BCUT2D eigenvalue weighted by Gasteiger charge is 2.25. The van der Waals surface area contributed by atoms with Gasteiger partial charge >= 0.3 is 0 Å². The van der Waals surface area contributed by atoms with Gasteiger partial charge in [0, 0.05) is 23.7 Å². The van der Waals surface area contributed by atoms with E-state index in [1.165, 1.54) is 33.3 Å². The van der Waals surface area contributed by atoms with Crippen molar-refractivity contribution >= 4 is 44.0 Å². The van der Waals surface area contributed by atoms with E-state index in [-0.39, 0.29) is 23.9 Å². The summed E-state index contributed by atoms with van der Waals surface area (Å²) in [6.45, 7) is 0.337. The van der Waals surface area contributed by atoms with Gasteiger partial charge < -0.3 is 0 Å². The van der Waals surface area contributed by atoms with Crippen LogP contribution in [0.5, 0.6) is 0 Å². The van der Waals surface area contributed by atoms with E-state index in [9.17, 15) is 13.2 Å². The molecule has 0 bridgehead atoms. The normalized spacial score (nSPS) is 11.5. The molecule has 1 aromatic heterocycles. The zero-order valence-electron chi connectivity index (χ0n) is 17.3. The topological polar surface area (TPSA) is 92.3 Å². The monoisotopic (exact) mass is 498 g/mol. The van der Waals surface area contributed by atoms with Gasteiger partial charge in [0.1, 0.15) is 5.51 Å². The van der Waals surface area contributed by atoms with Crippen molar-refractivity contribution in [2.45, 2.75) is 18.0 Å². The Hall–Kier alpha value is -3.11. The van der Waals surface area contributed by atoms with Gasteiger partial charge in [0.25, 0.3) is 5.91 Å². The van der Waals surface area contributed by atoms with Crippen molar-refractivity contribution < 1.29 is 13.2 Å². The molecule has 0 aliphatic rings. The Morgan fingerprint density at radius 1 is 0.909 bits per heavy atom. The lowest BCUT2D eigenvalue weighted by Crippen LogP contribution is -2.30. The third kappa shape index (κ3) is 5.82. The molecule has 0 saturated heterocycles. The lowest BCUT2D eigenvalue weighted by atomic mass is 10.1. The number of aromatic nitrogens is 2. The quantitative estimate of drug-likeness (QED) is 0.375.